The van der Waals surface area contributed by atoms with Gasteiger partial charge in [0.15, 0.2) is 0 Å². The molecule has 0 fully saturated rings. The van der Waals surface area contributed by atoms with Crippen molar-refractivity contribution < 1.29 is 4.74 Å². The molecule has 4 nitrogen and oxygen atoms in total. The van der Waals surface area contributed by atoms with Crippen molar-refractivity contribution in [2.24, 2.45) is 5.10 Å². The average Bonchev–Trinajstić information content (AvgIpc) is 2.97. The van der Waals surface area contributed by atoms with Crippen LogP contribution in [0.4, 0.5) is 5.13 Å². The fourth-order valence-electron chi connectivity index (χ4n) is 2.01. The molecule has 1 heterocycles. The number of ether oxygens (including phenoxy) is 1. The fraction of sp³-hybridized carbons (Fsp3) is 0.176. The Morgan fingerprint density at radius 3 is 2.96 bits per heavy atom. The van der Waals surface area contributed by atoms with Crippen LogP contribution in [-0.2, 0) is 0 Å². The molecule has 0 unspecified atom stereocenters. The van der Waals surface area contributed by atoms with Gasteiger partial charge in [-0.2, -0.15) is 5.10 Å². The van der Waals surface area contributed by atoms with E-state index in [1.807, 2.05) is 42.5 Å². The normalized spacial score (nSPS) is 11.2. The molecule has 0 amide bonds. The number of hydrogen-bond donors (Lipinski definition) is 1. The van der Waals surface area contributed by atoms with Gasteiger partial charge in [-0.3, -0.25) is 5.43 Å². The lowest BCUT2D eigenvalue weighted by Crippen LogP contribution is -1.96. The van der Waals surface area contributed by atoms with Crippen LogP contribution < -0.4 is 10.2 Å². The van der Waals surface area contributed by atoms with E-state index < -0.39 is 0 Å². The summed E-state index contributed by atoms with van der Waals surface area (Å²) in [6, 6.07) is 13.6. The molecule has 1 aromatic heterocycles. The molecule has 0 bridgehead atoms. The van der Waals surface area contributed by atoms with Crippen molar-refractivity contribution in [3.63, 3.8) is 0 Å². The first kappa shape index (κ1) is 15.8. The van der Waals surface area contributed by atoms with E-state index in [0.717, 1.165) is 27.3 Å². The second kappa shape index (κ2) is 7.44. The Bertz CT molecular complexity index is 799. The van der Waals surface area contributed by atoms with Crippen LogP contribution in [0, 0.1) is 0 Å². The molecule has 3 aromatic rings. The number of nitrogens with one attached hydrogen (secondary N) is 1. The van der Waals surface area contributed by atoms with Crippen LogP contribution in [-0.4, -0.2) is 17.8 Å². The van der Waals surface area contributed by atoms with E-state index in [1.165, 1.54) is 0 Å². The summed E-state index contributed by atoms with van der Waals surface area (Å²) < 4.78 is 6.68. The van der Waals surface area contributed by atoms with Crippen LogP contribution >= 0.6 is 22.9 Å². The van der Waals surface area contributed by atoms with Crippen LogP contribution in [0.5, 0.6) is 5.75 Å². The third-order valence-corrected chi connectivity index (χ3v) is 4.32. The highest BCUT2D eigenvalue weighted by molar-refractivity contribution is 7.22. The van der Waals surface area contributed by atoms with Gasteiger partial charge >= 0.3 is 0 Å². The lowest BCUT2D eigenvalue weighted by atomic mass is 10.2. The molecular weight excluding hydrogens is 330 g/mol. The van der Waals surface area contributed by atoms with Crippen molar-refractivity contribution in [3.8, 4) is 5.75 Å². The Kier molecular flexibility index (Phi) is 5.10. The summed E-state index contributed by atoms with van der Waals surface area (Å²) in [6.07, 6.45) is 2.66. The number of fused-ring (bicyclic) bond motifs is 1. The molecule has 3 rings (SSSR count). The Hall–Kier alpha value is -2.11. The van der Waals surface area contributed by atoms with Gasteiger partial charge in [-0.15, -0.1) is 0 Å². The van der Waals surface area contributed by atoms with Crippen LogP contribution in [0.1, 0.15) is 18.9 Å². The number of anilines is 1. The van der Waals surface area contributed by atoms with Gasteiger partial charge in [-0.25, -0.2) is 4.98 Å². The summed E-state index contributed by atoms with van der Waals surface area (Å²) in [5.41, 5.74) is 4.82. The zero-order valence-electron chi connectivity index (χ0n) is 12.6. The summed E-state index contributed by atoms with van der Waals surface area (Å²) in [5, 5.41) is 5.56. The van der Waals surface area contributed by atoms with Crippen molar-refractivity contribution in [3.05, 3.63) is 53.1 Å². The number of hydrogen-bond acceptors (Lipinski definition) is 5. The van der Waals surface area contributed by atoms with E-state index in [-0.39, 0.29) is 0 Å². The van der Waals surface area contributed by atoms with Crippen molar-refractivity contribution in [2.75, 3.05) is 12.0 Å². The standard InChI is InChI=1S/C17H16ClN3OS/c1-2-9-22-15-8-7-12(10-13(15)18)11-19-21-17-20-14-5-3-4-6-16(14)23-17/h3-8,10-11H,2,9H2,1H3,(H,20,21)/b19-11-. The first-order chi connectivity index (χ1) is 11.3. The molecule has 1 N–H and O–H groups in total. The van der Waals surface area contributed by atoms with Gasteiger partial charge in [0.1, 0.15) is 5.75 Å². The zero-order chi connectivity index (χ0) is 16.1. The van der Waals surface area contributed by atoms with E-state index >= 15 is 0 Å². The molecule has 0 radical (unpaired) electrons. The van der Waals surface area contributed by atoms with Gasteiger partial charge < -0.3 is 4.74 Å². The molecule has 6 heteroatoms. The maximum Gasteiger partial charge on any atom is 0.204 e. The van der Waals surface area contributed by atoms with Gasteiger partial charge in [0.25, 0.3) is 0 Å². The number of hydrazone groups is 1. The topological polar surface area (TPSA) is 46.5 Å². The van der Waals surface area contributed by atoms with E-state index in [2.05, 4.69) is 22.4 Å². The first-order valence-corrected chi connectivity index (χ1v) is 8.52. The average molecular weight is 346 g/mol. The Balaban J connectivity index is 1.66. The molecule has 0 aliphatic carbocycles. The Morgan fingerprint density at radius 2 is 2.17 bits per heavy atom. The zero-order valence-corrected chi connectivity index (χ0v) is 14.2. The number of para-hydroxylation sites is 1. The van der Waals surface area contributed by atoms with Gasteiger partial charge in [0.2, 0.25) is 5.13 Å². The summed E-state index contributed by atoms with van der Waals surface area (Å²) in [5.74, 6) is 0.699. The lowest BCUT2D eigenvalue weighted by Gasteiger charge is -2.06. The predicted octanol–water partition coefficient (Wildman–Crippen LogP) is 5.18. The fourth-order valence-corrected chi connectivity index (χ4v) is 3.07. The number of thiazole rings is 1. The molecule has 0 atom stereocenters. The molecule has 0 saturated carbocycles. The molecule has 23 heavy (non-hydrogen) atoms. The van der Waals surface area contributed by atoms with Crippen molar-refractivity contribution >= 4 is 44.5 Å². The minimum absolute atomic E-state index is 0.586. The number of rotatable bonds is 6. The Labute approximate surface area is 143 Å². The van der Waals surface area contributed by atoms with Gasteiger partial charge in [0.05, 0.1) is 28.1 Å². The highest BCUT2D eigenvalue weighted by Gasteiger charge is 2.03. The molecule has 0 aliphatic rings. The molecule has 0 saturated heterocycles. The van der Waals surface area contributed by atoms with E-state index in [4.69, 9.17) is 16.3 Å². The second-order valence-electron chi connectivity index (χ2n) is 4.90. The molecule has 2 aromatic carbocycles. The summed E-state index contributed by atoms with van der Waals surface area (Å²) in [4.78, 5) is 4.46. The molecule has 118 valence electrons. The van der Waals surface area contributed by atoms with Crippen molar-refractivity contribution in [2.45, 2.75) is 13.3 Å². The first-order valence-electron chi connectivity index (χ1n) is 7.33. The molecule has 0 aliphatic heterocycles. The minimum atomic E-state index is 0.586. The van der Waals surface area contributed by atoms with Gasteiger partial charge in [-0.05, 0) is 42.3 Å². The monoisotopic (exact) mass is 345 g/mol. The van der Waals surface area contributed by atoms with Crippen LogP contribution in [0.2, 0.25) is 5.02 Å². The minimum Gasteiger partial charge on any atom is -0.492 e. The smallest absolute Gasteiger partial charge is 0.204 e. The summed E-state index contributed by atoms with van der Waals surface area (Å²) >= 11 is 7.76. The number of aromatic nitrogens is 1. The van der Waals surface area contributed by atoms with Crippen molar-refractivity contribution in [1.29, 1.82) is 0 Å². The lowest BCUT2D eigenvalue weighted by molar-refractivity contribution is 0.317. The highest BCUT2D eigenvalue weighted by Crippen LogP contribution is 2.26. The number of benzene rings is 2. The van der Waals surface area contributed by atoms with Gasteiger partial charge in [-0.1, -0.05) is 42.0 Å². The SMILES string of the molecule is CCCOc1ccc(/C=N\Nc2nc3ccccc3s2)cc1Cl. The third kappa shape index (κ3) is 4.00. The predicted molar refractivity (Wildman–Crippen MR) is 98.1 cm³/mol. The molecule has 0 spiro atoms. The largest absolute Gasteiger partial charge is 0.492 e. The number of halogens is 1. The summed E-state index contributed by atoms with van der Waals surface area (Å²) in [7, 11) is 0. The quantitative estimate of drug-likeness (QED) is 0.494. The van der Waals surface area contributed by atoms with Crippen LogP contribution in [0.3, 0.4) is 0 Å². The summed E-state index contributed by atoms with van der Waals surface area (Å²) in [6.45, 7) is 2.72. The van der Waals surface area contributed by atoms with E-state index in [1.54, 1.807) is 17.6 Å². The van der Waals surface area contributed by atoms with Crippen molar-refractivity contribution in [1.82, 2.24) is 4.98 Å². The number of nitrogens with zero attached hydrogens (tertiary/aromatic N) is 2. The van der Waals surface area contributed by atoms with E-state index in [9.17, 15) is 0 Å². The van der Waals surface area contributed by atoms with Crippen LogP contribution in [0.25, 0.3) is 10.2 Å². The maximum atomic E-state index is 6.20. The second-order valence-corrected chi connectivity index (χ2v) is 6.33. The van der Waals surface area contributed by atoms with Gasteiger partial charge in [0, 0.05) is 0 Å². The van der Waals surface area contributed by atoms with E-state index in [0.29, 0.717) is 17.4 Å². The Morgan fingerprint density at radius 1 is 1.30 bits per heavy atom. The highest BCUT2D eigenvalue weighted by atomic mass is 35.5. The molecular formula is C17H16ClN3OS. The maximum absolute atomic E-state index is 6.20. The third-order valence-electron chi connectivity index (χ3n) is 3.09. The van der Waals surface area contributed by atoms with Crippen LogP contribution in [0.15, 0.2) is 47.6 Å².